The molecule has 1 aliphatic rings. The van der Waals surface area contributed by atoms with E-state index in [2.05, 4.69) is 35.0 Å². The van der Waals surface area contributed by atoms with Gasteiger partial charge in [0.15, 0.2) is 5.96 Å². The number of anilines is 1. The zero-order valence-corrected chi connectivity index (χ0v) is 19.5. The van der Waals surface area contributed by atoms with Gasteiger partial charge in [-0.3, -0.25) is 4.99 Å². The molecule has 1 atom stereocenters. The summed E-state index contributed by atoms with van der Waals surface area (Å²) in [6.07, 6.45) is 3.54. The number of hydrogen-bond acceptors (Lipinski definition) is 5. The molecule has 7 nitrogen and oxygen atoms in total. The van der Waals surface area contributed by atoms with Crippen LogP contribution >= 0.6 is 24.0 Å². The zero-order valence-electron chi connectivity index (χ0n) is 17.1. The van der Waals surface area contributed by atoms with E-state index in [9.17, 15) is 4.39 Å². The lowest BCUT2D eigenvalue weighted by Crippen LogP contribution is -2.53. The minimum Gasteiger partial charge on any atom is -0.354 e. The predicted octanol–water partition coefficient (Wildman–Crippen LogP) is 2.23. The molecular weight excluding hydrogens is 484 g/mol. The summed E-state index contributed by atoms with van der Waals surface area (Å²) in [6, 6.07) is 8.63. The Hall–Kier alpha value is -2.01. The van der Waals surface area contributed by atoms with Gasteiger partial charge in [-0.05, 0) is 37.9 Å². The number of rotatable bonds is 5. The monoisotopic (exact) mass is 513 g/mol. The van der Waals surface area contributed by atoms with E-state index in [0.29, 0.717) is 6.54 Å². The lowest BCUT2D eigenvalue weighted by Gasteiger charge is -2.37. The molecule has 0 aliphatic carbocycles. The summed E-state index contributed by atoms with van der Waals surface area (Å²) in [7, 11) is 5.85. The smallest absolute Gasteiger partial charge is 0.225 e. The average molecular weight is 513 g/mol. The van der Waals surface area contributed by atoms with Gasteiger partial charge in [-0.1, -0.05) is 12.1 Å². The van der Waals surface area contributed by atoms with Crippen molar-refractivity contribution in [2.45, 2.75) is 6.04 Å². The number of piperazine rings is 1. The summed E-state index contributed by atoms with van der Waals surface area (Å²) in [5.41, 5.74) is 1.07. The molecule has 29 heavy (non-hydrogen) atoms. The van der Waals surface area contributed by atoms with Crippen molar-refractivity contribution in [3.63, 3.8) is 0 Å². The Labute approximate surface area is 189 Å². The molecular formula is C20H29FIN7. The van der Waals surface area contributed by atoms with E-state index in [4.69, 9.17) is 0 Å². The quantitative estimate of drug-likeness (QED) is 0.376. The normalized spacial score (nSPS) is 15.8. The van der Waals surface area contributed by atoms with Gasteiger partial charge < -0.3 is 20.0 Å². The van der Waals surface area contributed by atoms with Crippen LogP contribution in [0, 0.1) is 5.82 Å². The lowest BCUT2D eigenvalue weighted by molar-refractivity contribution is 0.292. The first-order valence-corrected chi connectivity index (χ1v) is 9.48. The zero-order chi connectivity index (χ0) is 19.9. The van der Waals surface area contributed by atoms with Gasteiger partial charge >= 0.3 is 0 Å². The second-order valence-electron chi connectivity index (χ2n) is 6.98. The van der Waals surface area contributed by atoms with Crippen molar-refractivity contribution in [2.24, 2.45) is 4.99 Å². The van der Waals surface area contributed by atoms with E-state index in [1.54, 1.807) is 19.4 Å². The fraction of sp³-hybridized carbons (Fsp3) is 0.450. The maximum Gasteiger partial charge on any atom is 0.225 e. The SMILES string of the molecule is CN=C(NCC(c1ccc(F)cc1)N(C)C)N1CCN(c2ncccn2)CC1.I. The summed E-state index contributed by atoms with van der Waals surface area (Å²) >= 11 is 0. The van der Waals surface area contributed by atoms with E-state index >= 15 is 0 Å². The topological polar surface area (TPSA) is 59.9 Å². The van der Waals surface area contributed by atoms with Gasteiger partial charge in [0.25, 0.3) is 0 Å². The average Bonchev–Trinajstić information content (AvgIpc) is 2.73. The molecule has 0 spiro atoms. The molecule has 1 aromatic heterocycles. The Bertz CT molecular complexity index is 762. The Morgan fingerprint density at radius 2 is 1.76 bits per heavy atom. The molecule has 3 rings (SSSR count). The van der Waals surface area contributed by atoms with Crippen molar-refractivity contribution in [1.29, 1.82) is 0 Å². The van der Waals surface area contributed by atoms with E-state index in [1.165, 1.54) is 12.1 Å². The minimum atomic E-state index is -0.217. The van der Waals surface area contributed by atoms with E-state index in [0.717, 1.165) is 43.7 Å². The molecule has 0 radical (unpaired) electrons. The van der Waals surface area contributed by atoms with Crippen molar-refractivity contribution in [1.82, 2.24) is 25.1 Å². The number of nitrogens with zero attached hydrogens (tertiary/aromatic N) is 6. The van der Waals surface area contributed by atoms with Gasteiger partial charge in [0.2, 0.25) is 5.95 Å². The second-order valence-corrected chi connectivity index (χ2v) is 6.98. The second kappa shape index (κ2) is 11.2. The van der Waals surface area contributed by atoms with Crippen molar-refractivity contribution in [3.8, 4) is 0 Å². The van der Waals surface area contributed by atoms with Gasteiger partial charge in [0, 0.05) is 52.2 Å². The number of aromatic nitrogens is 2. The molecule has 1 N–H and O–H groups in total. The fourth-order valence-corrected chi connectivity index (χ4v) is 3.38. The molecule has 0 amide bonds. The molecule has 1 fully saturated rings. The van der Waals surface area contributed by atoms with Crippen molar-refractivity contribution in [3.05, 3.63) is 54.1 Å². The molecule has 1 aromatic carbocycles. The third-order valence-electron chi connectivity index (χ3n) is 4.96. The van der Waals surface area contributed by atoms with Gasteiger partial charge in [-0.15, -0.1) is 24.0 Å². The first kappa shape index (κ1) is 23.3. The predicted molar refractivity (Wildman–Crippen MR) is 125 cm³/mol. The number of nitrogens with one attached hydrogen (secondary N) is 1. The van der Waals surface area contributed by atoms with Crippen LogP contribution in [0.5, 0.6) is 0 Å². The third-order valence-corrected chi connectivity index (χ3v) is 4.96. The summed E-state index contributed by atoms with van der Waals surface area (Å²) in [4.78, 5) is 19.7. The van der Waals surface area contributed by atoms with Crippen molar-refractivity contribution in [2.75, 3.05) is 58.8 Å². The van der Waals surface area contributed by atoms with Crippen LogP contribution in [0.2, 0.25) is 0 Å². The number of likely N-dealkylation sites (N-methyl/N-ethyl adjacent to an activating group) is 1. The van der Waals surface area contributed by atoms with Crippen LogP contribution in [0.3, 0.4) is 0 Å². The summed E-state index contributed by atoms with van der Waals surface area (Å²) in [5.74, 6) is 1.43. The largest absolute Gasteiger partial charge is 0.354 e. The standard InChI is InChI=1S/C20H28FN7.HI/c1-22-19(25-15-18(26(2)3)16-5-7-17(21)8-6-16)27-11-13-28(14-12-27)20-23-9-4-10-24-20;/h4-10,18H,11-15H2,1-3H3,(H,22,25);1H. The Kier molecular flexibility index (Phi) is 9.02. The highest BCUT2D eigenvalue weighted by Crippen LogP contribution is 2.18. The van der Waals surface area contributed by atoms with Crippen LogP contribution in [-0.4, -0.2) is 79.6 Å². The first-order chi connectivity index (χ1) is 13.6. The lowest BCUT2D eigenvalue weighted by atomic mass is 10.1. The molecule has 0 saturated carbocycles. The molecule has 0 bridgehead atoms. The van der Waals surface area contributed by atoms with Crippen LogP contribution in [0.4, 0.5) is 10.3 Å². The third kappa shape index (κ3) is 6.23. The highest BCUT2D eigenvalue weighted by atomic mass is 127. The number of halogens is 2. The van der Waals surface area contributed by atoms with Crippen LogP contribution in [0.1, 0.15) is 11.6 Å². The van der Waals surface area contributed by atoms with Gasteiger partial charge in [0.1, 0.15) is 5.82 Å². The van der Waals surface area contributed by atoms with Crippen molar-refractivity contribution < 1.29 is 4.39 Å². The number of aliphatic imine (C=N–C) groups is 1. The Morgan fingerprint density at radius 1 is 1.14 bits per heavy atom. The Balaban J connectivity index is 0.00000300. The molecule has 1 saturated heterocycles. The number of guanidine groups is 1. The van der Waals surface area contributed by atoms with E-state index in [1.807, 2.05) is 32.3 Å². The summed E-state index contributed by atoms with van der Waals surface area (Å²) < 4.78 is 13.2. The van der Waals surface area contributed by atoms with Gasteiger partial charge in [0.05, 0.1) is 6.04 Å². The minimum absolute atomic E-state index is 0. The maximum absolute atomic E-state index is 13.2. The molecule has 2 aromatic rings. The molecule has 9 heteroatoms. The molecule has 1 aliphatic heterocycles. The van der Waals surface area contributed by atoms with E-state index < -0.39 is 0 Å². The number of hydrogen-bond donors (Lipinski definition) is 1. The molecule has 158 valence electrons. The van der Waals surface area contributed by atoms with Crippen LogP contribution < -0.4 is 10.2 Å². The van der Waals surface area contributed by atoms with E-state index in [-0.39, 0.29) is 35.8 Å². The number of benzene rings is 1. The highest BCUT2D eigenvalue weighted by molar-refractivity contribution is 14.0. The summed E-state index contributed by atoms with van der Waals surface area (Å²) in [6.45, 7) is 4.08. The van der Waals surface area contributed by atoms with Crippen molar-refractivity contribution >= 4 is 35.9 Å². The van der Waals surface area contributed by atoms with Gasteiger partial charge in [-0.2, -0.15) is 0 Å². The first-order valence-electron chi connectivity index (χ1n) is 9.48. The highest BCUT2D eigenvalue weighted by Gasteiger charge is 2.22. The van der Waals surface area contributed by atoms with Crippen LogP contribution in [-0.2, 0) is 0 Å². The molecule has 2 heterocycles. The fourth-order valence-electron chi connectivity index (χ4n) is 3.38. The molecule has 1 unspecified atom stereocenters. The summed E-state index contributed by atoms with van der Waals surface area (Å²) in [5, 5.41) is 3.48. The Morgan fingerprint density at radius 3 is 2.31 bits per heavy atom. The van der Waals surface area contributed by atoms with Crippen LogP contribution in [0.15, 0.2) is 47.7 Å². The van der Waals surface area contributed by atoms with Gasteiger partial charge in [-0.25, -0.2) is 14.4 Å². The van der Waals surface area contributed by atoms with Crippen LogP contribution in [0.25, 0.3) is 0 Å². The maximum atomic E-state index is 13.2.